The summed E-state index contributed by atoms with van der Waals surface area (Å²) < 4.78 is 6.40. The smallest absolute Gasteiger partial charge is 0.205 e. The molecule has 0 aliphatic carbocycles. The zero-order valence-electron chi connectivity index (χ0n) is 17.8. The summed E-state index contributed by atoms with van der Waals surface area (Å²) in [6.45, 7) is 11.4. The number of nitrogens with one attached hydrogen (secondary N) is 1. The Balaban J connectivity index is 0.00000300. The average Bonchev–Trinajstić information content (AvgIpc) is 3.32. The van der Waals surface area contributed by atoms with Gasteiger partial charge in [0.1, 0.15) is 18.2 Å². The number of rotatable bonds is 7. The van der Waals surface area contributed by atoms with Gasteiger partial charge in [0, 0.05) is 57.7 Å². The van der Waals surface area contributed by atoms with E-state index < -0.39 is 0 Å². The Labute approximate surface area is 194 Å². The summed E-state index contributed by atoms with van der Waals surface area (Å²) >= 11 is 1.50. The number of hydrogen-bond donors (Lipinski definition) is 1. The Hall–Kier alpha value is -1.50. The molecule has 2 aromatic rings. The molecule has 0 aromatic carbocycles. The highest BCUT2D eigenvalue weighted by atomic mass is 127. The quantitative estimate of drug-likeness (QED) is 0.253. The number of aromatic nitrogens is 5. The van der Waals surface area contributed by atoms with Crippen LogP contribution < -0.4 is 10.2 Å². The van der Waals surface area contributed by atoms with E-state index in [9.17, 15) is 0 Å². The van der Waals surface area contributed by atoms with Gasteiger partial charge >= 0.3 is 0 Å². The predicted octanol–water partition coefficient (Wildman–Crippen LogP) is 2.22. The van der Waals surface area contributed by atoms with Gasteiger partial charge in [-0.25, -0.2) is 9.98 Å². The summed E-state index contributed by atoms with van der Waals surface area (Å²) in [5.41, 5.74) is 0. The largest absolute Gasteiger partial charge is 0.356 e. The lowest BCUT2D eigenvalue weighted by molar-refractivity contribution is 0.371. The van der Waals surface area contributed by atoms with Gasteiger partial charge in [0.15, 0.2) is 11.8 Å². The molecule has 29 heavy (non-hydrogen) atoms. The molecule has 11 heteroatoms. The van der Waals surface area contributed by atoms with Gasteiger partial charge in [-0.2, -0.15) is 4.37 Å². The van der Waals surface area contributed by atoms with Crippen molar-refractivity contribution in [2.75, 3.05) is 37.6 Å². The van der Waals surface area contributed by atoms with Crippen molar-refractivity contribution in [2.24, 2.45) is 12.0 Å². The average molecular weight is 533 g/mol. The molecule has 0 bridgehead atoms. The summed E-state index contributed by atoms with van der Waals surface area (Å²) in [5.74, 6) is 3.68. The minimum Gasteiger partial charge on any atom is -0.356 e. The second-order valence-corrected chi connectivity index (χ2v) is 7.69. The van der Waals surface area contributed by atoms with E-state index in [2.05, 4.69) is 48.5 Å². The molecule has 1 saturated heterocycles. The third-order valence-electron chi connectivity index (χ3n) is 4.99. The highest BCUT2D eigenvalue weighted by molar-refractivity contribution is 14.0. The number of guanidine groups is 1. The number of hydrogen-bond acceptors (Lipinski definition) is 7. The van der Waals surface area contributed by atoms with Gasteiger partial charge < -0.3 is 19.7 Å². The highest BCUT2D eigenvalue weighted by Gasteiger charge is 2.22. The van der Waals surface area contributed by atoms with E-state index in [1.54, 1.807) is 0 Å². The van der Waals surface area contributed by atoms with Crippen molar-refractivity contribution < 1.29 is 0 Å². The molecule has 1 N–H and O–H groups in total. The number of halogens is 1. The van der Waals surface area contributed by atoms with E-state index in [0.717, 1.165) is 80.6 Å². The first-order chi connectivity index (χ1) is 13.6. The number of nitrogens with zero attached hydrogens (tertiary/aromatic N) is 8. The second kappa shape index (κ2) is 11.6. The van der Waals surface area contributed by atoms with Crippen molar-refractivity contribution >= 4 is 46.6 Å². The van der Waals surface area contributed by atoms with E-state index in [1.165, 1.54) is 11.5 Å². The van der Waals surface area contributed by atoms with Crippen LogP contribution in [0.15, 0.2) is 4.99 Å². The van der Waals surface area contributed by atoms with Crippen LogP contribution in [0.1, 0.15) is 44.2 Å². The van der Waals surface area contributed by atoms with Crippen molar-refractivity contribution in [3.05, 3.63) is 17.5 Å². The van der Waals surface area contributed by atoms with Gasteiger partial charge in [0.25, 0.3) is 0 Å². The van der Waals surface area contributed by atoms with Gasteiger partial charge in [-0.3, -0.25) is 0 Å². The van der Waals surface area contributed by atoms with E-state index in [-0.39, 0.29) is 24.0 Å². The first kappa shape index (κ1) is 23.8. The number of aryl methyl sites for hydroxylation is 2. The van der Waals surface area contributed by atoms with Gasteiger partial charge in [-0.15, -0.1) is 34.2 Å². The fraction of sp³-hybridized carbons (Fsp3) is 0.722. The van der Waals surface area contributed by atoms with Gasteiger partial charge in [-0.1, -0.05) is 20.3 Å². The maximum Gasteiger partial charge on any atom is 0.205 e. The Morgan fingerprint density at radius 2 is 1.93 bits per heavy atom. The molecular weight excluding hydrogens is 501 g/mol. The monoisotopic (exact) mass is 533 g/mol. The fourth-order valence-electron chi connectivity index (χ4n) is 3.01. The first-order valence-corrected chi connectivity index (χ1v) is 10.8. The molecule has 162 valence electrons. The normalized spacial score (nSPS) is 14.8. The van der Waals surface area contributed by atoms with Gasteiger partial charge in [0.05, 0.1) is 0 Å². The van der Waals surface area contributed by atoms with Crippen LogP contribution in [-0.4, -0.2) is 67.7 Å². The maximum absolute atomic E-state index is 4.84. The van der Waals surface area contributed by atoms with Crippen LogP contribution in [0.3, 0.4) is 0 Å². The molecule has 0 saturated carbocycles. The van der Waals surface area contributed by atoms with E-state index >= 15 is 0 Å². The summed E-state index contributed by atoms with van der Waals surface area (Å²) in [4.78, 5) is 14.1. The summed E-state index contributed by atoms with van der Waals surface area (Å²) in [7, 11) is 1.98. The minimum absolute atomic E-state index is 0. The highest BCUT2D eigenvalue weighted by Crippen LogP contribution is 2.19. The van der Waals surface area contributed by atoms with Crippen LogP contribution in [0.4, 0.5) is 5.13 Å². The molecule has 1 aliphatic rings. The standard InChI is InChI=1S/C18H31N9S.HI/c1-5-7-8-19-17(20-13-16-23-22-14(3)25(16)4)26-9-11-27(12-10-26)18-21-15(6-2)24-28-18;/h5-13H2,1-4H3,(H,19,20);1H. The van der Waals surface area contributed by atoms with Crippen molar-refractivity contribution in [2.45, 2.75) is 46.6 Å². The lowest BCUT2D eigenvalue weighted by Crippen LogP contribution is -2.52. The molecule has 3 rings (SSSR count). The third-order valence-corrected chi connectivity index (χ3v) is 5.80. The fourth-order valence-corrected chi connectivity index (χ4v) is 3.81. The zero-order chi connectivity index (χ0) is 19.9. The third kappa shape index (κ3) is 6.24. The molecule has 9 nitrogen and oxygen atoms in total. The van der Waals surface area contributed by atoms with E-state index in [0.29, 0.717) is 6.54 Å². The van der Waals surface area contributed by atoms with Gasteiger partial charge in [0.2, 0.25) is 5.13 Å². The molecule has 1 fully saturated rings. The van der Waals surface area contributed by atoms with E-state index in [4.69, 9.17) is 4.99 Å². The summed E-state index contributed by atoms with van der Waals surface area (Å²) in [6.07, 6.45) is 3.18. The zero-order valence-corrected chi connectivity index (χ0v) is 20.9. The van der Waals surface area contributed by atoms with Crippen molar-refractivity contribution in [1.82, 2.24) is 34.3 Å². The molecule has 0 atom stereocenters. The van der Waals surface area contributed by atoms with Crippen LogP contribution in [0.25, 0.3) is 0 Å². The topological polar surface area (TPSA) is 87.4 Å². The van der Waals surface area contributed by atoms with Crippen LogP contribution in [0, 0.1) is 6.92 Å². The van der Waals surface area contributed by atoms with E-state index in [1.807, 2.05) is 18.5 Å². The summed E-state index contributed by atoms with van der Waals surface area (Å²) in [5, 5.41) is 12.9. The molecule has 0 amide bonds. The maximum atomic E-state index is 4.84. The van der Waals surface area contributed by atoms with Gasteiger partial charge in [-0.05, 0) is 13.3 Å². The molecule has 1 aliphatic heterocycles. The lowest BCUT2D eigenvalue weighted by atomic mass is 10.3. The predicted molar refractivity (Wildman–Crippen MR) is 128 cm³/mol. The van der Waals surface area contributed by atoms with Crippen LogP contribution >= 0.6 is 35.5 Å². The SMILES string of the molecule is CCCCNC(=NCc1nnc(C)n1C)N1CCN(c2nc(CC)ns2)CC1.I. The Bertz CT molecular complexity index is 780. The first-order valence-electron chi connectivity index (χ1n) is 10.1. The van der Waals surface area contributed by atoms with Crippen LogP contribution in [-0.2, 0) is 20.0 Å². The minimum atomic E-state index is 0. The van der Waals surface area contributed by atoms with Crippen LogP contribution in [0.2, 0.25) is 0 Å². The van der Waals surface area contributed by atoms with Crippen molar-refractivity contribution in [1.29, 1.82) is 0 Å². The summed E-state index contributed by atoms with van der Waals surface area (Å²) in [6, 6.07) is 0. The number of aliphatic imine (C=N–C) groups is 1. The van der Waals surface area contributed by atoms with Crippen molar-refractivity contribution in [3.63, 3.8) is 0 Å². The molecule has 3 heterocycles. The molecule has 0 unspecified atom stereocenters. The Morgan fingerprint density at radius 3 is 2.52 bits per heavy atom. The Morgan fingerprint density at radius 1 is 1.17 bits per heavy atom. The number of piperazine rings is 1. The van der Waals surface area contributed by atoms with Crippen molar-refractivity contribution in [3.8, 4) is 0 Å². The molecular formula is C18H32IN9S. The molecule has 0 radical (unpaired) electrons. The number of unbranched alkanes of at least 4 members (excludes halogenated alkanes) is 1. The molecule has 2 aromatic heterocycles. The Kier molecular flexibility index (Phi) is 9.53. The lowest BCUT2D eigenvalue weighted by Gasteiger charge is -2.36. The molecule has 0 spiro atoms. The second-order valence-electron chi connectivity index (χ2n) is 6.96. The van der Waals surface area contributed by atoms with Crippen LogP contribution in [0.5, 0.6) is 0 Å². The number of anilines is 1.